The number of rotatable bonds is 3. The average molecular weight is 406 g/mol. The second-order valence-electron chi connectivity index (χ2n) is 8.06. The fraction of sp³-hybridized carbons (Fsp3) is 0.429. The van der Waals surface area contributed by atoms with Crippen LogP contribution in [-0.2, 0) is 6.18 Å². The Balaban J connectivity index is 1.72. The topological polar surface area (TPSA) is 45.4 Å². The summed E-state index contributed by atoms with van der Waals surface area (Å²) in [6.07, 6.45) is -1.90. The minimum absolute atomic E-state index is 0.528. The molecule has 2 heterocycles. The van der Waals surface area contributed by atoms with Crippen molar-refractivity contribution in [3.8, 4) is 0 Å². The Bertz CT molecular complexity index is 865. The van der Waals surface area contributed by atoms with Crippen LogP contribution in [0.1, 0.15) is 31.9 Å². The number of halogens is 3. The molecule has 29 heavy (non-hydrogen) atoms. The third kappa shape index (κ3) is 4.99. The van der Waals surface area contributed by atoms with E-state index in [9.17, 15) is 18.4 Å². The number of para-hydroxylation sites is 1. The van der Waals surface area contributed by atoms with Crippen LogP contribution < -0.4 is 9.80 Å². The lowest BCUT2D eigenvalue weighted by Crippen LogP contribution is -2.47. The molecular formula is C21H25F3N4O. The summed E-state index contributed by atoms with van der Waals surface area (Å²) in [4.78, 5) is 8.14. The van der Waals surface area contributed by atoms with Crippen molar-refractivity contribution in [3.05, 3.63) is 58.9 Å². The highest BCUT2D eigenvalue weighted by atomic mass is 19.4. The molecule has 0 N–H and O–H groups in total. The van der Waals surface area contributed by atoms with Gasteiger partial charge in [0.2, 0.25) is 0 Å². The van der Waals surface area contributed by atoms with Crippen LogP contribution in [0.15, 0.2) is 42.6 Å². The maximum absolute atomic E-state index is 12.7. The Morgan fingerprint density at radius 1 is 0.966 bits per heavy atom. The second kappa shape index (κ2) is 7.93. The van der Waals surface area contributed by atoms with Crippen LogP contribution in [-0.4, -0.2) is 47.7 Å². The molecule has 2 aromatic rings. The van der Waals surface area contributed by atoms with Gasteiger partial charge < -0.3 is 15.0 Å². The van der Waals surface area contributed by atoms with Gasteiger partial charge in [0, 0.05) is 53.1 Å². The van der Waals surface area contributed by atoms with E-state index >= 15 is 0 Å². The van der Waals surface area contributed by atoms with E-state index in [-0.39, 0.29) is 0 Å². The predicted octanol–water partition coefficient (Wildman–Crippen LogP) is 4.15. The maximum Gasteiger partial charge on any atom is 0.417 e. The summed E-state index contributed by atoms with van der Waals surface area (Å²) in [6, 6.07) is 10.2. The summed E-state index contributed by atoms with van der Waals surface area (Å²) in [5.74, 6) is 0.538. The third-order valence-electron chi connectivity index (χ3n) is 4.87. The highest BCUT2D eigenvalue weighted by Crippen LogP contribution is 2.30. The summed E-state index contributed by atoms with van der Waals surface area (Å²) in [5.41, 5.74) is 0.543. The Morgan fingerprint density at radius 3 is 2.14 bits per heavy atom. The van der Waals surface area contributed by atoms with Gasteiger partial charge >= 0.3 is 6.18 Å². The van der Waals surface area contributed by atoms with Crippen LogP contribution in [0.4, 0.5) is 24.7 Å². The molecule has 0 aliphatic carbocycles. The van der Waals surface area contributed by atoms with Crippen molar-refractivity contribution in [2.45, 2.75) is 32.5 Å². The average Bonchev–Trinajstić information content (AvgIpc) is 2.67. The van der Waals surface area contributed by atoms with Crippen LogP contribution in [0.3, 0.4) is 0 Å². The number of nitrogens with zero attached hydrogens (tertiary/aromatic N) is 4. The number of hydrogen-bond donors (Lipinski definition) is 0. The molecule has 0 amide bonds. The number of hydrogen-bond acceptors (Lipinski definition) is 4. The number of hydroxylamine groups is 1. The molecule has 1 aliphatic rings. The standard InChI is InChI=1S/C21H25F3N4O/c1-20(2,3)28(29)15-16-6-4-5-7-18(16)26-10-12-27(13-11-26)19-9-8-17(14-25-19)21(22,23)24/h4-9,14-15H,10-13H2,1-3H3/b28-15-. The molecule has 1 aliphatic heterocycles. The first-order chi connectivity index (χ1) is 13.6. The molecule has 156 valence electrons. The number of aromatic nitrogens is 1. The first-order valence-corrected chi connectivity index (χ1v) is 9.49. The van der Waals surface area contributed by atoms with Crippen molar-refractivity contribution >= 4 is 17.7 Å². The monoisotopic (exact) mass is 406 g/mol. The van der Waals surface area contributed by atoms with Crippen LogP contribution in [0.2, 0.25) is 0 Å². The van der Waals surface area contributed by atoms with Gasteiger partial charge in [-0.3, -0.25) is 0 Å². The summed E-state index contributed by atoms with van der Waals surface area (Å²) >= 11 is 0. The molecule has 0 atom stereocenters. The first kappa shape index (κ1) is 21.0. The minimum Gasteiger partial charge on any atom is -0.623 e. The van der Waals surface area contributed by atoms with Crippen molar-refractivity contribution in [3.63, 3.8) is 0 Å². The zero-order valence-corrected chi connectivity index (χ0v) is 16.8. The SMILES string of the molecule is CC(C)(C)/[N+]([O-])=C/c1ccccc1N1CCN(c2ccc(C(F)(F)F)cn2)CC1. The number of piperazine rings is 1. The van der Waals surface area contributed by atoms with E-state index in [0.717, 1.165) is 28.3 Å². The van der Waals surface area contributed by atoms with Gasteiger partial charge in [0.15, 0.2) is 11.8 Å². The summed E-state index contributed by atoms with van der Waals surface area (Å²) in [6.45, 7) is 8.20. The lowest BCUT2D eigenvalue weighted by molar-refractivity contribution is -0.530. The van der Waals surface area contributed by atoms with Gasteiger partial charge in [0.25, 0.3) is 0 Å². The van der Waals surface area contributed by atoms with Gasteiger partial charge in [-0.05, 0) is 24.3 Å². The third-order valence-corrected chi connectivity index (χ3v) is 4.87. The highest BCUT2D eigenvalue weighted by Gasteiger charge is 2.31. The lowest BCUT2D eigenvalue weighted by Gasteiger charge is -2.37. The zero-order chi connectivity index (χ0) is 21.2. The van der Waals surface area contributed by atoms with Gasteiger partial charge in [-0.1, -0.05) is 12.1 Å². The second-order valence-corrected chi connectivity index (χ2v) is 8.06. The van der Waals surface area contributed by atoms with Crippen LogP contribution in [0.25, 0.3) is 0 Å². The fourth-order valence-corrected chi connectivity index (χ4v) is 3.12. The van der Waals surface area contributed by atoms with Crippen molar-refractivity contribution in [1.82, 2.24) is 4.98 Å². The van der Waals surface area contributed by atoms with Crippen molar-refractivity contribution in [2.75, 3.05) is 36.0 Å². The molecule has 1 aromatic heterocycles. The molecule has 0 bridgehead atoms. The van der Waals surface area contributed by atoms with Gasteiger partial charge in [0.05, 0.1) is 16.8 Å². The number of alkyl halides is 3. The molecule has 0 spiro atoms. The van der Waals surface area contributed by atoms with E-state index in [1.807, 2.05) is 49.9 Å². The van der Waals surface area contributed by atoms with E-state index in [0.29, 0.717) is 32.0 Å². The van der Waals surface area contributed by atoms with Crippen LogP contribution in [0.5, 0.6) is 0 Å². The quantitative estimate of drug-likeness (QED) is 0.332. The van der Waals surface area contributed by atoms with Crippen LogP contribution >= 0.6 is 0 Å². The molecule has 0 saturated carbocycles. The van der Waals surface area contributed by atoms with E-state index < -0.39 is 17.3 Å². The van der Waals surface area contributed by atoms with E-state index in [4.69, 9.17) is 0 Å². The molecule has 1 aromatic carbocycles. The van der Waals surface area contributed by atoms with Gasteiger partial charge in [-0.2, -0.15) is 13.2 Å². The first-order valence-electron chi connectivity index (χ1n) is 9.49. The van der Waals surface area contributed by atoms with E-state index in [2.05, 4.69) is 9.88 Å². The number of anilines is 2. The summed E-state index contributed by atoms with van der Waals surface area (Å²) in [5, 5.41) is 12.4. The van der Waals surface area contributed by atoms with Crippen molar-refractivity contribution < 1.29 is 17.9 Å². The molecule has 1 saturated heterocycles. The lowest BCUT2D eigenvalue weighted by atomic mass is 10.1. The molecule has 1 fully saturated rings. The maximum atomic E-state index is 12.7. The van der Waals surface area contributed by atoms with E-state index in [1.165, 1.54) is 6.07 Å². The van der Waals surface area contributed by atoms with Crippen LogP contribution in [0, 0.1) is 5.21 Å². The smallest absolute Gasteiger partial charge is 0.417 e. The van der Waals surface area contributed by atoms with Crippen molar-refractivity contribution in [2.24, 2.45) is 0 Å². The molecule has 0 unspecified atom stereocenters. The van der Waals surface area contributed by atoms with E-state index in [1.54, 1.807) is 6.21 Å². The largest absolute Gasteiger partial charge is 0.623 e. The fourth-order valence-electron chi connectivity index (χ4n) is 3.12. The number of pyridine rings is 1. The Labute approximate surface area is 168 Å². The Kier molecular flexibility index (Phi) is 5.73. The van der Waals surface area contributed by atoms with Gasteiger partial charge in [-0.25, -0.2) is 9.72 Å². The van der Waals surface area contributed by atoms with Gasteiger partial charge in [0.1, 0.15) is 5.82 Å². The Morgan fingerprint density at radius 2 is 1.59 bits per heavy atom. The molecule has 5 nitrogen and oxygen atoms in total. The molecular weight excluding hydrogens is 381 g/mol. The molecule has 8 heteroatoms. The predicted molar refractivity (Wildman–Crippen MR) is 109 cm³/mol. The summed E-state index contributed by atoms with van der Waals surface area (Å²) < 4.78 is 39.1. The number of benzene rings is 1. The van der Waals surface area contributed by atoms with Gasteiger partial charge in [-0.15, -0.1) is 0 Å². The highest BCUT2D eigenvalue weighted by molar-refractivity contribution is 5.85. The minimum atomic E-state index is -4.38. The Hall–Kier alpha value is -2.77. The normalized spacial score (nSPS) is 16.3. The summed E-state index contributed by atoms with van der Waals surface area (Å²) in [7, 11) is 0. The molecule has 3 rings (SSSR count). The van der Waals surface area contributed by atoms with Crippen molar-refractivity contribution in [1.29, 1.82) is 0 Å². The molecule has 0 radical (unpaired) electrons. The zero-order valence-electron chi connectivity index (χ0n) is 16.8.